The van der Waals surface area contributed by atoms with Crippen LogP contribution in [0.15, 0.2) is 22.7 Å². The van der Waals surface area contributed by atoms with Gasteiger partial charge in [-0.3, -0.25) is 11.3 Å². The van der Waals surface area contributed by atoms with Crippen LogP contribution in [0.5, 0.6) is 5.75 Å². The molecule has 4 heteroatoms. The normalized spacial score (nSPS) is 12.4. The molecule has 0 fully saturated rings. The molecule has 0 aromatic heterocycles. The number of methoxy groups -OCH3 is 1. The first-order chi connectivity index (χ1) is 8.72. The second kappa shape index (κ2) is 8.51. The van der Waals surface area contributed by atoms with E-state index in [9.17, 15) is 0 Å². The highest BCUT2D eigenvalue weighted by atomic mass is 79.9. The Balaban J connectivity index is 2.61. The number of unbranched alkanes of at least 4 members (excludes halogenated alkanes) is 3. The van der Waals surface area contributed by atoms with Gasteiger partial charge in [0.15, 0.2) is 0 Å². The lowest BCUT2D eigenvalue weighted by Gasteiger charge is -2.17. The second-order valence-electron chi connectivity index (χ2n) is 4.46. The molecular formula is C14H23BrN2O. The largest absolute Gasteiger partial charge is 0.496 e. The van der Waals surface area contributed by atoms with Gasteiger partial charge in [0, 0.05) is 6.04 Å². The average molecular weight is 315 g/mol. The van der Waals surface area contributed by atoms with Gasteiger partial charge in [-0.2, -0.15) is 0 Å². The fraction of sp³-hybridized carbons (Fsp3) is 0.571. The van der Waals surface area contributed by atoms with E-state index in [2.05, 4.69) is 40.4 Å². The third-order valence-corrected chi connectivity index (χ3v) is 3.75. The third kappa shape index (κ3) is 4.59. The molecule has 1 aromatic carbocycles. The van der Waals surface area contributed by atoms with E-state index >= 15 is 0 Å². The van der Waals surface area contributed by atoms with Gasteiger partial charge in [0.1, 0.15) is 5.75 Å². The number of halogens is 1. The summed E-state index contributed by atoms with van der Waals surface area (Å²) < 4.78 is 6.20. The van der Waals surface area contributed by atoms with Gasteiger partial charge >= 0.3 is 0 Å². The molecule has 0 aliphatic heterocycles. The molecule has 18 heavy (non-hydrogen) atoms. The number of nitrogens with one attached hydrogen (secondary N) is 1. The first kappa shape index (κ1) is 15.5. The number of hydrogen-bond donors (Lipinski definition) is 2. The average Bonchev–Trinajstić information content (AvgIpc) is 2.39. The van der Waals surface area contributed by atoms with E-state index in [1.807, 2.05) is 6.07 Å². The minimum atomic E-state index is 0.212. The Morgan fingerprint density at radius 3 is 2.67 bits per heavy atom. The predicted octanol–water partition coefficient (Wildman–Crippen LogP) is 3.93. The first-order valence-corrected chi connectivity index (χ1v) is 7.31. The highest BCUT2D eigenvalue weighted by Crippen LogP contribution is 2.29. The summed E-state index contributed by atoms with van der Waals surface area (Å²) in [5, 5.41) is 0. The Morgan fingerprint density at radius 1 is 1.33 bits per heavy atom. The van der Waals surface area contributed by atoms with Crippen molar-refractivity contribution in [2.75, 3.05) is 7.11 Å². The molecular weight excluding hydrogens is 292 g/mol. The maximum atomic E-state index is 5.64. The molecule has 1 unspecified atom stereocenters. The van der Waals surface area contributed by atoms with Crippen molar-refractivity contribution in [1.29, 1.82) is 0 Å². The molecule has 3 N–H and O–H groups in total. The van der Waals surface area contributed by atoms with Crippen LogP contribution in [0.2, 0.25) is 0 Å². The monoisotopic (exact) mass is 314 g/mol. The van der Waals surface area contributed by atoms with Crippen LogP contribution in [0, 0.1) is 0 Å². The van der Waals surface area contributed by atoms with Crippen molar-refractivity contribution < 1.29 is 4.74 Å². The van der Waals surface area contributed by atoms with E-state index in [-0.39, 0.29) is 6.04 Å². The Hall–Kier alpha value is -0.580. The molecule has 0 amide bonds. The zero-order chi connectivity index (χ0) is 13.4. The summed E-state index contributed by atoms with van der Waals surface area (Å²) in [5.74, 6) is 6.49. The molecule has 0 aliphatic rings. The molecule has 1 atom stereocenters. The van der Waals surface area contributed by atoms with Crippen LogP contribution in [0.25, 0.3) is 0 Å². The minimum Gasteiger partial charge on any atom is -0.496 e. The highest BCUT2D eigenvalue weighted by Gasteiger charge is 2.11. The maximum absolute atomic E-state index is 5.64. The zero-order valence-electron chi connectivity index (χ0n) is 11.2. The molecule has 0 radical (unpaired) electrons. The molecule has 1 aromatic rings. The molecule has 0 aliphatic carbocycles. The third-order valence-electron chi connectivity index (χ3n) is 3.13. The Morgan fingerprint density at radius 2 is 2.11 bits per heavy atom. The summed E-state index contributed by atoms with van der Waals surface area (Å²) in [6.45, 7) is 2.22. The molecule has 102 valence electrons. The molecule has 0 saturated carbocycles. The highest BCUT2D eigenvalue weighted by molar-refractivity contribution is 9.10. The van der Waals surface area contributed by atoms with Gasteiger partial charge in [-0.05, 0) is 40.0 Å². The molecule has 0 saturated heterocycles. The number of hydrogen-bond acceptors (Lipinski definition) is 3. The summed E-state index contributed by atoms with van der Waals surface area (Å²) in [7, 11) is 1.67. The molecule has 0 bridgehead atoms. The quantitative estimate of drug-likeness (QED) is 0.434. The fourth-order valence-corrected chi connectivity index (χ4v) is 2.58. The number of ether oxygens (including phenoxy) is 1. The molecule has 0 heterocycles. The Kier molecular flexibility index (Phi) is 7.32. The van der Waals surface area contributed by atoms with E-state index in [1.54, 1.807) is 7.11 Å². The van der Waals surface area contributed by atoms with Gasteiger partial charge in [-0.15, -0.1) is 0 Å². The summed E-state index contributed by atoms with van der Waals surface area (Å²) in [6.07, 6.45) is 6.09. The number of rotatable bonds is 8. The number of hydrazine groups is 1. The van der Waals surface area contributed by atoms with Gasteiger partial charge in [0.25, 0.3) is 0 Å². The Labute approximate surface area is 118 Å². The van der Waals surface area contributed by atoms with Crippen LogP contribution in [-0.2, 0) is 0 Å². The van der Waals surface area contributed by atoms with Crippen molar-refractivity contribution in [2.24, 2.45) is 5.84 Å². The molecule has 3 nitrogen and oxygen atoms in total. The maximum Gasteiger partial charge on any atom is 0.133 e. The van der Waals surface area contributed by atoms with Gasteiger partial charge in [-0.1, -0.05) is 38.7 Å². The van der Waals surface area contributed by atoms with E-state index in [4.69, 9.17) is 10.6 Å². The lowest BCUT2D eigenvalue weighted by molar-refractivity contribution is 0.411. The molecule has 1 rings (SSSR count). The summed E-state index contributed by atoms with van der Waals surface area (Å²) in [6, 6.07) is 6.32. The van der Waals surface area contributed by atoms with Gasteiger partial charge < -0.3 is 4.74 Å². The SMILES string of the molecule is CCCCCCC(NN)c1ccc(OC)c(Br)c1. The van der Waals surface area contributed by atoms with E-state index < -0.39 is 0 Å². The van der Waals surface area contributed by atoms with Crippen molar-refractivity contribution >= 4 is 15.9 Å². The van der Waals surface area contributed by atoms with Crippen molar-refractivity contribution in [3.8, 4) is 5.75 Å². The lowest BCUT2D eigenvalue weighted by Crippen LogP contribution is -2.28. The topological polar surface area (TPSA) is 47.3 Å². The van der Waals surface area contributed by atoms with Gasteiger partial charge in [0.05, 0.1) is 11.6 Å². The van der Waals surface area contributed by atoms with Crippen LogP contribution < -0.4 is 16.0 Å². The summed E-state index contributed by atoms with van der Waals surface area (Å²) in [5.41, 5.74) is 4.09. The summed E-state index contributed by atoms with van der Waals surface area (Å²) in [4.78, 5) is 0. The molecule has 0 spiro atoms. The Bertz CT molecular complexity index is 358. The second-order valence-corrected chi connectivity index (χ2v) is 5.32. The van der Waals surface area contributed by atoms with E-state index in [0.29, 0.717) is 0 Å². The van der Waals surface area contributed by atoms with Crippen LogP contribution in [0.4, 0.5) is 0 Å². The van der Waals surface area contributed by atoms with Gasteiger partial charge in [-0.25, -0.2) is 0 Å². The number of nitrogens with two attached hydrogens (primary N) is 1. The first-order valence-electron chi connectivity index (χ1n) is 6.52. The minimum absolute atomic E-state index is 0.212. The smallest absolute Gasteiger partial charge is 0.133 e. The van der Waals surface area contributed by atoms with E-state index in [0.717, 1.165) is 16.6 Å². The van der Waals surface area contributed by atoms with Crippen LogP contribution >= 0.6 is 15.9 Å². The van der Waals surface area contributed by atoms with Crippen LogP contribution in [0.1, 0.15) is 50.6 Å². The van der Waals surface area contributed by atoms with Gasteiger partial charge in [0.2, 0.25) is 0 Å². The standard InChI is InChI=1S/C14H23BrN2O/c1-3-4-5-6-7-13(17-16)11-8-9-14(18-2)12(15)10-11/h8-10,13,17H,3-7,16H2,1-2H3. The van der Waals surface area contributed by atoms with Crippen molar-refractivity contribution in [3.05, 3.63) is 28.2 Å². The van der Waals surface area contributed by atoms with Crippen molar-refractivity contribution in [3.63, 3.8) is 0 Å². The summed E-state index contributed by atoms with van der Waals surface area (Å²) >= 11 is 3.50. The number of benzene rings is 1. The predicted molar refractivity (Wildman–Crippen MR) is 79.5 cm³/mol. The van der Waals surface area contributed by atoms with Crippen molar-refractivity contribution in [1.82, 2.24) is 5.43 Å². The van der Waals surface area contributed by atoms with Crippen molar-refractivity contribution in [2.45, 2.75) is 45.1 Å². The van der Waals surface area contributed by atoms with Crippen LogP contribution in [-0.4, -0.2) is 7.11 Å². The van der Waals surface area contributed by atoms with E-state index in [1.165, 1.54) is 31.2 Å². The fourth-order valence-electron chi connectivity index (χ4n) is 2.02. The lowest BCUT2D eigenvalue weighted by atomic mass is 10.0. The zero-order valence-corrected chi connectivity index (χ0v) is 12.8. The van der Waals surface area contributed by atoms with Crippen LogP contribution in [0.3, 0.4) is 0 Å².